The third kappa shape index (κ3) is 3.22. The lowest BCUT2D eigenvalue weighted by atomic mass is 9.92. The third-order valence-electron chi connectivity index (χ3n) is 4.23. The smallest absolute Gasteiger partial charge is 0.416 e. The Bertz CT molecular complexity index is 805. The molecule has 0 saturated carbocycles. The Balaban J connectivity index is 2.11. The van der Waals surface area contributed by atoms with Crippen LogP contribution in [0.25, 0.3) is 0 Å². The quantitative estimate of drug-likeness (QED) is 0.915. The van der Waals surface area contributed by atoms with E-state index in [0.717, 1.165) is 12.1 Å². The second kappa shape index (κ2) is 6.23. The Kier molecular flexibility index (Phi) is 4.24. The zero-order valence-corrected chi connectivity index (χ0v) is 12.9. The van der Waals surface area contributed by atoms with Gasteiger partial charge in [-0.25, -0.2) is 0 Å². The van der Waals surface area contributed by atoms with Crippen molar-refractivity contribution in [3.05, 3.63) is 65.7 Å². The molecule has 1 aliphatic rings. The molecule has 4 nitrogen and oxygen atoms in total. The predicted molar refractivity (Wildman–Crippen MR) is 83.9 cm³/mol. The fourth-order valence-corrected chi connectivity index (χ4v) is 3.13. The van der Waals surface area contributed by atoms with Crippen LogP contribution in [-0.2, 0) is 15.8 Å². The van der Waals surface area contributed by atoms with Gasteiger partial charge in [-0.15, -0.1) is 0 Å². The first kappa shape index (κ1) is 17.0. The Morgan fingerprint density at radius 2 is 1.76 bits per heavy atom. The first-order valence-electron chi connectivity index (χ1n) is 7.56. The minimum absolute atomic E-state index is 0.150. The van der Waals surface area contributed by atoms with Crippen molar-refractivity contribution < 1.29 is 27.9 Å². The minimum atomic E-state index is -4.55. The van der Waals surface area contributed by atoms with Crippen molar-refractivity contribution >= 4 is 17.6 Å². The molecule has 0 aromatic heterocycles. The fourth-order valence-electron chi connectivity index (χ4n) is 3.13. The summed E-state index contributed by atoms with van der Waals surface area (Å²) in [5.41, 5.74) is -0.267. The summed E-state index contributed by atoms with van der Waals surface area (Å²) in [5, 5.41) is 9.46. The first-order chi connectivity index (χ1) is 11.8. The number of carbonyl (C=O) groups excluding carboxylic acids is 1. The zero-order valence-electron chi connectivity index (χ0n) is 12.9. The maximum Gasteiger partial charge on any atom is 0.416 e. The van der Waals surface area contributed by atoms with E-state index in [4.69, 9.17) is 0 Å². The van der Waals surface area contributed by atoms with Gasteiger partial charge < -0.3 is 10.0 Å². The summed E-state index contributed by atoms with van der Waals surface area (Å²) in [6, 6.07) is 11.8. The van der Waals surface area contributed by atoms with E-state index in [9.17, 15) is 27.9 Å². The molecule has 1 amide bonds. The molecule has 2 aromatic rings. The molecule has 7 heteroatoms. The predicted octanol–water partition coefficient (Wildman–Crippen LogP) is 3.88. The summed E-state index contributed by atoms with van der Waals surface area (Å²) in [6.45, 7) is 0. The highest BCUT2D eigenvalue weighted by Gasteiger charge is 2.46. The highest BCUT2D eigenvalue weighted by Crippen LogP contribution is 2.42. The zero-order chi connectivity index (χ0) is 18.2. The Morgan fingerprint density at radius 3 is 2.36 bits per heavy atom. The fraction of sp³-hybridized carbons (Fsp3) is 0.222. The van der Waals surface area contributed by atoms with Gasteiger partial charge in [0.25, 0.3) is 0 Å². The molecule has 0 spiro atoms. The summed E-state index contributed by atoms with van der Waals surface area (Å²) < 4.78 is 39.0. The number of nitrogens with zero attached hydrogens (tertiary/aromatic N) is 1. The first-order valence-corrected chi connectivity index (χ1v) is 7.56. The maximum atomic E-state index is 13.0. The second-order valence-electron chi connectivity index (χ2n) is 5.82. The molecular weight excluding hydrogens is 335 g/mol. The number of alkyl halides is 3. The van der Waals surface area contributed by atoms with Crippen molar-refractivity contribution in [1.29, 1.82) is 0 Å². The average Bonchev–Trinajstić information content (AvgIpc) is 2.92. The molecule has 130 valence electrons. The molecule has 1 heterocycles. The van der Waals surface area contributed by atoms with E-state index in [1.54, 1.807) is 30.3 Å². The number of carbonyl (C=O) groups is 2. The number of carboxylic acid groups (broad SMARTS) is 1. The SMILES string of the molecule is O=C(O)[C@@H]1CC(=O)N(c2ccccc2)[C@H]1c1cccc(C(F)(F)F)c1. The Labute approximate surface area is 141 Å². The maximum absolute atomic E-state index is 13.0. The van der Waals surface area contributed by atoms with Crippen molar-refractivity contribution in [3.8, 4) is 0 Å². The number of halogens is 3. The molecular formula is C18H14F3NO3. The van der Waals surface area contributed by atoms with Gasteiger partial charge in [0.2, 0.25) is 5.91 Å². The van der Waals surface area contributed by atoms with Crippen LogP contribution in [0.2, 0.25) is 0 Å². The molecule has 0 radical (unpaired) electrons. The van der Waals surface area contributed by atoms with E-state index in [-0.39, 0.29) is 12.0 Å². The van der Waals surface area contributed by atoms with E-state index in [0.29, 0.717) is 5.69 Å². The number of rotatable bonds is 3. The molecule has 2 aromatic carbocycles. The standard InChI is InChI=1S/C18H14F3NO3/c19-18(20,21)12-6-4-5-11(9-12)16-14(17(24)25)10-15(23)22(16)13-7-2-1-3-8-13/h1-9,14,16H,10H2,(H,24,25)/t14-,16+/m1/s1. The summed E-state index contributed by atoms with van der Waals surface area (Å²) in [4.78, 5) is 25.3. The lowest BCUT2D eigenvalue weighted by molar-refractivity contribution is -0.142. The van der Waals surface area contributed by atoms with Crippen molar-refractivity contribution in [1.82, 2.24) is 0 Å². The topological polar surface area (TPSA) is 57.6 Å². The number of para-hydroxylation sites is 1. The van der Waals surface area contributed by atoms with Gasteiger partial charge in [-0.3, -0.25) is 9.59 Å². The van der Waals surface area contributed by atoms with Crippen LogP contribution in [0.4, 0.5) is 18.9 Å². The molecule has 0 bridgehead atoms. The van der Waals surface area contributed by atoms with Gasteiger partial charge in [0.05, 0.1) is 17.5 Å². The molecule has 1 saturated heterocycles. The van der Waals surface area contributed by atoms with Crippen LogP contribution in [-0.4, -0.2) is 17.0 Å². The molecule has 3 rings (SSSR count). The number of hydrogen-bond donors (Lipinski definition) is 1. The van der Waals surface area contributed by atoms with Crippen LogP contribution < -0.4 is 4.90 Å². The molecule has 2 atom stereocenters. The summed E-state index contributed by atoms with van der Waals surface area (Å²) in [6.07, 6.45) is -4.81. The van der Waals surface area contributed by atoms with E-state index >= 15 is 0 Å². The molecule has 0 aliphatic carbocycles. The van der Waals surface area contributed by atoms with Crippen LogP contribution in [0, 0.1) is 5.92 Å². The number of anilines is 1. The van der Waals surface area contributed by atoms with Crippen LogP contribution >= 0.6 is 0 Å². The van der Waals surface area contributed by atoms with Crippen LogP contribution in [0.15, 0.2) is 54.6 Å². The number of hydrogen-bond acceptors (Lipinski definition) is 2. The Hall–Kier alpha value is -2.83. The molecule has 1 aliphatic heterocycles. The Morgan fingerprint density at radius 1 is 1.08 bits per heavy atom. The van der Waals surface area contributed by atoms with Crippen molar-refractivity contribution in [3.63, 3.8) is 0 Å². The minimum Gasteiger partial charge on any atom is -0.481 e. The normalized spacial score (nSPS) is 20.8. The van der Waals surface area contributed by atoms with Gasteiger partial charge in [0.1, 0.15) is 0 Å². The lowest BCUT2D eigenvalue weighted by Gasteiger charge is -2.28. The third-order valence-corrected chi connectivity index (χ3v) is 4.23. The number of carboxylic acids is 1. The van der Waals surface area contributed by atoms with Crippen LogP contribution in [0.1, 0.15) is 23.6 Å². The largest absolute Gasteiger partial charge is 0.481 e. The van der Waals surface area contributed by atoms with Gasteiger partial charge >= 0.3 is 12.1 Å². The van der Waals surface area contributed by atoms with Gasteiger partial charge in [-0.1, -0.05) is 30.3 Å². The molecule has 0 unspecified atom stereocenters. The molecule has 1 N–H and O–H groups in total. The number of aliphatic carboxylic acids is 1. The molecule has 1 fully saturated rings. The van der Waals surface area contributed by atoms with Crippen LogP contribution in [0.5, 0.6) is 0 Å². The van der Waals surface area contributed by atoms with E-state index in [1.807, 2.05) is 0 Å². The number of benzene rings is 2. The van der Waals surface area contributed by atoms with E-state index in [2.05, 4.69) is 0 Å². The summed E-state index contributed by atoms with van der Waals surface area (Å²) >= 11 is 0. The summed E-state index contributed by atoms with van der Waals surface area (Å²) in [7, 11) is 0. The highest BCUT2D eigenvalue weighted by molar-refractivity contribution is 6.00. The highest BCUT2D eigenvalue weighted by atomic mass is 19.4. The van der Waals surface area contributed by atoms with Gasteiger partial charge in [-0.05, 0) is 29.8 Å². The van der Waals surface area contributed by atoms with Gasteiger partial charge in [0.15, 0.2) is 0 Å². The van der Waals surface area contributed by atoms with Crippen molar-refractivity contribution in [2.24, 2.45) is 5.92 Å². The van der Waals surface area contributed by atoms with Crippen molar-refractivity contribution in [2.45, 2.75) is 18.6 Å². The van der Waals surface area contributed by atoms with Crippen LogP contribution in [0.3, 0.4) is 0 Å². The summed E-state index contributed by atoms with van der Waals surface area (Å²) in [5.74, 6) is -2.76. The van der Waals surface area contributed by atoms with Gasteiger partial charge in [-0.2, -0.15) is 13.2 Å². The van der Waals surface area contributed by atoms with Crippen molar-refractivity contribution in [2.75, 3.05) is 4.90 Å². The second-order valence-corrected chi connectivity index (χ2v) is 5.82. The average molecular weight is 349 g/mol. The lowest BCUT2D eigenvalue weighted by Crippen LogP contribution is -2.30. The van der Waals surface area contributed by atoms with E-state index < -0.39 is 35.6 Å². The van der Waals surface area contributed by atoms with Gasteiger partial charge in [0, 0.05) is 12.1 Å². The number of amides is 1. The molecule has 25 heavy (non-hydrogen) atoms. The monoisotopic (exact) mass is 349 g/mol. The van der Waals surface area contributed by atoms with E-state index in [1.165, 1.54) is 17.0 Å².